The number of rotatable bonds is 7. The van der Waals surface area contributed by atoms with Gasteiger partial charge in [0.05, 0.1) is 5.69 Å². The monoisotopic (exact) mass is 389 g/mol. The first-order valence-corrected chi connectivity index (χ1v) is 10.3. The van der Waals surface area contributed by atoms with Gasteiger partial charge in [0.1, 0.15) is 5.75 Å². The van der Waals surface area contributed by atoms with Gasteiger partial charge < -0.3 is 10.1 Å². The lowest BCUT2D eigenvalue weighted by atomic mass is 9.96. The Morgan fingerprint density at radius 3 is 2.62 bits per heavy atom. The van der Waals surface area contributed by atoms with Gasteiger partial charge in [0, 0.05) is 19.3 Å². The van der Waals surface area contributed by atoms with Gasteiger partial charge in [-0.3, -0.25) is 14.7 Å². The van der Waals surface area contributed by atoms with E-state index >= 15 is 0 Å². The summed E-state index contributed by atoms with van der Waals surface area (Å²) in [4.78, 5) is 19.0. The van der Waals surface area contributed by atoms with Crippen LogP contribution in [0.25, 0.3) is 10.8 Å². The summed E-state index contributed by atoms with van der Waals surface area (Å²) in [5, 5.41) is 5.31. The van der Waals surface area contributed by atoms with Crippen molar-refractivity contribution in [1.82, 2.24) is 15.2 Å². The first kappa shape index (κ1) is 19.4. The highest BCUT2D eigenvalue weighted by atomic mass is 16.5. The number of aromatic nitrogens is 1. The maximum atomic E-state index is 12.2. The van der Waals surface area contributed by atoms with Crippen LogP contribution in [-0.4, -0.2) is 42.0 Å². The lowest BCUT2D eigenvalue weighted by molar-refractivity contribution is -0.123. The number of hydrogen-bond donors (Lipinski definition) is 1. The van der Waals surface area contributed by atoms with Gasteiger partial charge in [-0.05, 0) is 66.9 Å². The molecule has 1 aromatic heterocycles. The molecule has 1 amide bonds. The molecule has 3 aromatic rings. The molecule has 0 aliphatic carbocycles. The van der Waals surface area contributed by atoms with Crippen LogP contribution in [-0.2, 0) is 11.3 Å². The van der Waals surface area contributed by atoms with Crippen LogP contribution < -0.4 is 10.1 Å². The SMILES string of the molecule is O=C(COc1ccc2ccccc2c1)NCC1CCN(Cc2ccccn2)CC1. The van der Waals surface area contributed by atoms with Gasteiger partial charge in [0.25, 0.3) is 5.91 Å². The van der Waals surface area contributed by atoms with E-state index in [0.29, 0.717) is 5.92 Å². The molecule has 0 atom stereocenters. The molecule has 4 rings (SSSR count). The number of amides is 1. The predicted molar refractivity (Wildman–Crippen MR) is 115 cm³/mol. The number of hydrogen-bond acceptors (Lipinski definition) is 4. The Morgan fingerprint density at radius 1 is 1.03 bits per heavy atom. The van der Waals surface area contributed by atoms with Gasteiger partial charge in [-0.15, -0.1) is 0 Å². The van der Waals surface area contributed by atoms with Crippen LogP contribution in [0.5, 0.6) is 5.75 Å². The van der Waals surface area contributed by atoms with Crippen molar-refractivity contribution < 1.29 is 9.53 Å². The normalized spacial score (nSPS) is 15.3. The number of nitrogens with zero attached hydrogens (tertiary/aromatic N) is 2. The van der Waals surface area contributed by atoms with Crippen LogP contribution in [0.4, 0.5) is 0 Å². The van der Waals surface area contributed by atoms with Crippen molar-refractivity contribution in [3.63, 3.8) is 0 Å². The summed E-state index contributed by atoms with van der Waals surface area (Å²) in [5.41, 5.74) is 1.12. The number of carbonyl (C=O) groups is 1. The summed E-state index contributed by atoms with van der Waals surface area (Å²) in [5.74, 6) is 1.19. The molecule has 1 N–H and O–H groups in total. The van der Waals surface area contributed by atoms with E-state index in [0.717, 1.165) is 55.9 Å². The molecule has 150 valence electrons. The number of benzene rings is 2. The van der Waals surface area contributed by atoms with Crippen LogP contribution >= 0.6 is 0 Å². The Morgan fingerprint density at radius 2 is 1.83 bits per heavy atom. The first-order valence-electron chi connectivity index (χ1n) is 10.3. The predicted octanol–water partition coefficient (Wildman–Crippen LogP) is 3.64. The van der Waals surface area contributed by atoms with E-state index in [2.05, 4.69) is 27.3 Å². The van der Waals surface area contributed by atoms with Gasteiger partial charge in [0.2, 0.25) is 0 Å². The second-order valence-corrected chi connectivity index (χ2v) is 7.64. The molecule has 0 radical (unpaired) electrons. The van der Waals surface area contributed by atoms with Crippen molar-refractivity contribution in [3.8, 4) is 5.75 Å². The standard InChI is InChI=1S/C24H27N3O2/c28-24(18-29-23-9-8-20-5-1-2-6-21(20)15-23)26-16-19-10-13-27(14-11-19)17-22-7-3-4-12-25-22/h1-9,12,15,19H,10-11,13-14,16-18H2,(H,26,28). The maximum absolute atomic E-state index is 12.2. The molecular formula is C24H27N3O2. The maximum Gasteiger partial charge on any atom is 0.257 e. The second kappa shape index (κ2) is 9.52. The second-order valence-electron chi connectivity index (χ2n) is 7.64. The zero-order valence-corrected chi connectivity index (χ0v) is 16.6. The Balaban J connectivity index is 1.16. The average molecular weight is 389 g/mol. The Hall–Kier alpha value is -2.92. The first-order chi connectivity index (χ1) is 14.3. The van der Waals surface area contributed by atoms with E-state index in [4.69, 9.17) is 4.74 Å². The Labute approximate surface area is 171 Å². The largest absolute Gasteiger partial charge is 0.484 e. The zero-order valence-electron chi connectivity index (χ0n) is 16.6. The lowest BCUT2D eigenvalue weighted by Gasteiger charge is -2.31. The molecule has 2 aromatic carbocycles. The molecule has 0 saturated carbocycles. The smallest absolute Gasteiger partial charge is 0.257 e. The summed E-state index contributed by atoms with van der Waals surface area (Å²) in [6.07, 6.45) is 4.04. The van der Waals surface area contributed by atoms with Crippen molar-refractivity contribution in [2.75, 3.05) is 26.2 Å². The Kier molecular flexibility index (Phi) is 6.37. The molecule has 2 heterocycles. The number of carbonyl (C=O) groups excluding carboxylic acids is 1. The summed E-state index contributed by atoms with van der Waals surface area (Å²) in [7, 11) is 0. The molecule has 29 heavy (non-hydrogen) atoms. The molecule has 0 spiro atoms. The molecule has 0 bridgehead atoms. The van der Waals surface area contributed by atoms with Crippen molar-refractivity contribution >= 4 is 16.7 Å². The van der Waals surface area contributed by atoms with Crippen molar-refractivity contribution in [2.24, 2.45) is 5.92 Å². The summed E-state index contributed by atoms with van der Waals surface area (Å²) in [6.45, 7) is 3.77. The molecular weight excluding hydrogens is 362 g/mol. The van der Waals surface area contributed by atoms with E-state index in [1.165, 1.54) is 5.39 Å². The van der Waals surface area contributed by atoms with Gasteiger partial charge in [-0.2, -0.15) is 0 Å². The number of nitrogens with one attached hydrogen (secondary N) is 1. The average Bonchev–Trinajstić information content (AvgIpc) is 2.78. The Bertz CT molecular complexity index is 937. The van der Waals surface area contributed by atoms with Crippen LogP contribution in [0.2, 0.25) is 0 Å². The van der Waals surface area contributed by atoms with Crippen LogP contribution in [0.3, 0.4) is 0 Å². The summed E-state index contributed by atoms with van der Waals surface area (Å²) in [6, 6.07) is 20.1. The minimum atomic E-state index is -0.0610. The fourth-order valence-corrected chi connectivity index (χ4v) is 3.78. The van der Waals surface area contributed by atoms with E-state index < -0.39 is 0 Å². The molecule has 0 unspecified atom stereocenters. The van der Waals surface area contributed by atoms with Gasteiger partial charge in [-0.1, -0.05) is 36.4 Å². The molecule has 5 heteroatoms. The van der Waals surface area contributed by atoms with E-state index in [-0.39, 0.29) is 12.5 Å². The molecule has 1 aliphatic rings. The topological polar surface area (TPSA) is 54.5 Å². The number of ether oxygens (including phenoxy) is 1. The third-order valence-corrected chi connectivity index (χ3v) is 5.50. The van der Waals surface area contributed by atoms with Gasteiger partial charge in [-0.25, -0.2) is 0 Å². The highest BCUT2D eigenvalue weighted by Crippen LogP contribution is 2.21. The quantitative estimate of drug-likeness (QED) is 0.670. The summed E-state index contributed by atoms with van der Waals surface area (Å²) < 4.78 is 5.67. The molecule has 1 aliphatic heterocycles. The molecule has 5 nitrogen and oxygen atoms in total. The van der Waals surface area contributed by atoms with Crippen LogP contribution in [0.1, 0.15) is 18.5 Å². The van der Waals surface area contributed by atoms with Crippen LogP contribution in [0, 0.1) is 5.92 Å². The molecule has 1 fully saturated rings. The fourth-order valence-electron chi connectivity index (χ4n) is 3.78. The van der Waals surface area contributed by atoms with Crippen molar-refractivity contribution in [2.45, 2.75) is 19.4 Å². The van der Waals surface area contributed by atoms with E-state index in [9.17, 15) is 4.79 Å². The number of piperidine rings is 1. The number of pyridine rings is 1. The highest BCUT2D eigenvalue weighted by Gasteiger charge is 2.20. The number of fused-ring (bicyclic) bond motifs is 1. The van der Waals surface area contributed by atoms with Crippen LogP contribution in [0.15, 0.2) is 66.9 Å². The minimum Gasteiger partial charge on any atom is -0.484 e. The summed E-state index contributed by atoms with van der Waals surface area (Å²) >= 11 is 0. The zero-order chi connectivity index (χ0) is 19.9. The molecule has 1 saturated heterocycles. The third-order valence-electron chi connectivity index (χ3n) is 5.50. The minimum absolute atomic E-state index is 0.0524. The fraction of sp³-hybridized carbons (Fsp3) is 0.333. The van der Waals surface area contributed by atoms with Gasteiger partial charge >= 0.3 is 0 Å². The number of likely N-dealkylation sites (tertiary alicyclic amines) is 1. The third kappa shape index (κ3) is 5.55. The highest BCUT2D eigenvalue weighted by molar-refractivity contribution is 5.84. The van der Waals surface area contributed by atoms with E-state index in [1.54, 1.807) is 0 Å². The van der Waals surface area contributed by atoms with Gasteiger partial charge in [0.15, 0.2) is 6.61 Å². The van der Waals surface area contributed by atoms with Crippen molar-refractivity contribution in [1.29, 1.82) is 0 Å². The van der Waals surface area contributed by atoms with Crippen molar-refractivity contribution in [3.05, 3.63) is 72.6 Å². The van der Waals surface area contributed by atoms with E-state index in [1.807, 2.05) is 54.7 Å². The lowest BCUT2D eigenvalue weighted by Crippen LogP contribution is -2.39.